The van der Waals surface area contributed by atoms with Crippen LogP contribution >= 0.6 is 0 Å². The maximum absolute atomic E-state index is 12.9. The fourth-order valence-electron chi connectivity index (χ4n) is 9.09. The van der Waals surface area contributed by atoms with Gasteiger partial charge in [0.1, 0.15) is 6.10 Å². The molecular formula is C42H74O5. The van der Waals surface area contributed by atoms with E-state index in [9.17, 15) is 14.7 Å². The average Bonchev–Trinajstić information content (AvgIpc) is 3.02. The van der Waals surface area contributed by atoms with Crippen molar-refractivity contribution in [2.24, 2.45) is 22.7 Å². The highest BCUT2D eigenvalue weighted by Gasteiger charge is 2.63. The minimum Gasteiger partial charge on any atom is -0.465 e. The van der Waals surface area contributed by atoms with Crippen LogP contribution in [-0.2, 0) is 19.1 Å². The van der Waals surface area contributed by atoms with Crippen LogP contribution < -0.4 is 0 Å². The Morgan fingerprint density at radius 2 is 1.30 bits per heavy atom. The number of ether oxygens (including phenoxy) is 2. The summed E-state index contributed by atoms with van der Waals surface area (Å²) in [6.45, 7) is 16.4. The number of rotatable bonds is 24. The maximum Gasteiger partial charge on any atom is 0.305 e. The summed E-state index contributed by atoms with van der Waals surface area (Å²) in [6.07, 6.45) is 30.4. The molecule has 6 atom stereocenters. The predicted octanol–water partition coefficient (Wildman–Crippen LogP) is 11.6. The van der Waals surface area contributed by atoms with Gasteiger partial charge in [-0.05, 0) is 64.2 Å². The van der Waals surface area contributed by atoms with E-state index in [0.29, 0.717) is 32.3 Å². The fourth-order valence-corrected chi connectivity index (χ4v) is 9.09. The van der Waals surface area contributed by atoms with Crippen LogP contribution in [0.25, 0.3) is 0 Å². The number of unbranched alkanes of at least 4 members (excludes halogenated alkanes) is 16. The molecule has 2 rings (SSSR count). The number of hydrogen-bond acceptors (Lipinski definition) is 5. The Hall–Kier alpha value is -1.62. The zero-order chi connectivity index (χ0) is 34.8. The first-order valence-corrected chi connectivity index (χ1v) is 19.7. The average molecular weight is 659 g/mol. The molecule has 2 aliphatic rings. The van der Waals surface area contributed by atoms with Crippen molar-refractivity contribution in [3.8, 4) is 0 Å². The molecule has 0 radical (unpaired) electrons. The summed E-state index contributed by atoms with van der Waals surface area (Å²) in [4.78, 5) is 25.1. The Morgan fingerprint density at radius 1 is 0.787 bits per heavy atom. The van der Waals surface area contributed by atoms with Crippen LogP contribution in [-0.4, -0.2) is 35.4 Å². The lowest BCUT2D eigenvalue weighted by molar-refractivity contribution is -0.230. The number of carbonyl (C=O) groups excluding carboxylic acids is 2. The van der Waals surface area contributed by atoms with Crippen molar-refractivity contribution in [2.75, 3.05) is 6.61 Å². The number of fused-ring (bicyclic) bond motifs is 1. The molecule has 5 nitrogen and oxygen atoms in total. The van der Waals surface area contributed by atoms with E-state index in [4.69, 9.17) is 9.47 Å². The highest BCUT2D eigenvalue weighted by molar-refractivity contribution is 5.69. The lowest BCUT2D eigenvalue weighted by atomic mass is 9.44. The van der Waals surface area contributed by atoms with Crippen LogP contribution in [0.4, 0.5) is 0 Å². The number of esters is 2. The van der Waals surface area contributed by atoms with E-state index in [-0.39, 0.29) is 35.3 Å². The molecule has 272 valence electrons. The number of aliphatic hydroxyl groups is 1. The van der Waals surface area contributed by atoms with Crippen molar-refractivity contribution in [1.82, 2.24) is 0 Å². The second-order valence-corrected chi connectivity index (χ2v) is 16.1. The molecule has 2 fully saturated rings. The molecule has 0 aromatic carbocycles. The molecule has 47 heavy (non-hydrogen) atoms. The minimum atomic E-state index is -0.885. The molecule has 1 N–H and O–H groups in total. The molecule has 2 aliphatic carbocycles. The molecule has 0 saturated heterocycles. The number of carbonyl (C=O) groups is 2. The second kappa shape index (κ2) is 21.5. The van der Waals surface area contributed by atoms with Gasteiger partial charge in [0.25, 0.3) is 0 Å². The lowest BCUT2D eigenvalue weighted by Gasteiger charge is -2.63. The number of allylic oxidation sites excluding steroid dienone is 3. The molecule has 0 aromatic rings. The molecule has 2 saturated carbocycles. The first kappa shape index (κ1) is 41.6. The quantitative estimate of drug-likeness (QED) is 0.0634. The maximum atomic E-state index is 12.9. The Bertz CT molecular complexity index is 953. The molecule has 0 spiro atoms. The summed E-state index contributed by atoms with van der Waals surface area (Å²) in [7, 11) is 0. The second-order valence-electron chi connectivity index (χ2n) is 16.1. The van der Waals surface area contributed by atoms with Gasteiger partial charge in [0.2, 0.25) is 0 Å². The van der Waals surface area contributed by atoms with Crippen LogP contribution in [0.2, 0.25) is 0 Å². The summed E-state index contributed by atoms with van der Waals surface area (Å²) < 4.78 is 12.0. The Balaban J connectivity index is 1.73. The lowest BCUT2D eigenvalue weighted by Crippen LogP contribution is -2.64. The van der Waals surface area contributed by atoms with Gasteiger partial charge in [0, 0.05) is 24.2 Å². The van der Waals surface area contributed by atoms with E-state index >= 15 is 0 Å². The Labute approximate surface area is 290 Å². The van der Waals surface area contributed by atoms with Gasteiger partial charge in [-0.2, -0.15) is 0 Å². The fraction of sp³-hybridized carbons (Fsp3) is 0.857. The molecule has 0 amide bonds. The normalized spacial score (nSPS) is 29.3. The van der Waals surface area contributed by atoms with Gasteiger partial charge in [-0.1, -0.05) is 148 Å². The SMILES string of the molecule is C=C/C(C)=C/C[C@@H]1[C@@]2(C)[C@H](OC(C)=O)CC[C@@](C)(COC(=O)CCCCCCCCCCCCCCCCCCC)[C@@H]2CC[C@@]1(C)O. The summed E-state index contributed by atoms with van der Waals surface area (Å²) in [5.41, 5.74) is -0.490. The van der Waals surface area contributed by atoms with Gasteiger partial charge in [-0.3, -0.25) is 9.59 Å². The van der Waals surface area contributed by atoms with E-state index in [0.717, 1.165) is 31.3 Å². The molecule has 0 unspecified atom stereocenters. The van der Waals surface area contributed by atoms with Gasteiger partial charge in [-0.25, -0.2) is 0 Å². The van der Waals surface area contributed by atoms with Crippen LogP contribution in [0.15, 0.2) is 24.3 Å². The van der Waals surface area contributed by atoms with Gasteiger partial charge < -0.3 is 14.6 Å². The molecule has 0 bridgehead atoms. The van der Waals surface area contributed by atoms with Crippen molar-refractivity contribution in [2.45, 2.75) is 201 Å². The van der Waals surface area contributed by atoms with E-state index in [1.54, 1.807) is 0 Å². The van der Waals surface area contributed by atoms with Crippen LogP contribution in [0.5, 0.6) is 0 Å². The summed E-state index contributed by atoms with van der Waals surface area (Å²) in [6, 6.07) is 0. The van der Waals surface area contributed by atoms with Crippen molar-refractivity contribution in [1.29, 1.82) is 0 Å². The molecule has 5 heteroatoms. The first-order valence-electron chi connectivity index (χ1n) is 19.7. The summed E-state index contributed by atoms with van der Waals surface area (Å²) in [5, 5.41) is 11.7. The van der Waals surface area contributed by atoms with Gasteiger partial charge in [-0.15, -0.1) is 0 Å². The standard InChI is InChI=1S/C42H74O5/c1-8-10-11-12-13-14-15-16-17-18-19-20-21-22-23-24-25-26-39(44)46-33-40(5)31-30-38(47-35(4)43)42(7)36(40)29-32-41(6,45)37(42)28-27-34(3)9-2/h9,27,36-38,45H,2,8,10-26,28-33H2,1,3-7H3/b34-27+/t36-,37-,38+,40-,41+,42-/m0/s1. The topological polar surface area (TPSA) is 72.8 Å². The number of hydrogen-bond donors (Lipinski definition) is 1. The van der Waals surface area contributed by atoms with Gasteiger partial charge in [0.15, 0.2) is 0 Å². The van der Waals surface area contributed by atoms with E-state index < -0.39 is 11.0 Å². The van der Waals surface area contributed by atoms with Crippen LogP contribution in [0.1, 0.15) is 189 Å². The molecule has 0 heterocycles. The highest BCUT2D eigenvalue weighted by atomic mass is 16.5. The van der Waals surface area contributed by atoms with Crippen molar-refractivity contribution < 1.29 is 24.2 Å². The Kier molecular flexibility index (Phi) is 19.0. The first-order chi connectivity index (χ1) is 22.4. The van der Waals surface area contributed by atoms with Crippen LogP contribution in [0, 0.1) is 22.7 Å². The van der Waals surface area contributed by atoms with Crippen molar-refractivity contribution >= 4 is 11.9 Å². The largest absolute Gasteiger partial charge is 0.465 e. The van der Waals surface area contributed by atoms with Crippen LogP contribution in [0.3, 0.4) is 0 Å². The summed E-state index contributed by atoms with van der Waals surface area (Å²) in [5.74, 6) is -0.317. The molecular weight excluding hydrogens is 584 g/mol. The molecule has 0 aromatic heterocycles. The van der Waals surface area contributed by atoms with Gasteiger partial charge >= 0.3 is 11.9 Å². The van der Waals surface area contributed by atoms with E-state index in [1.807, 2.05) is 19.9 Å². The summed E-state index contributed by atoms with van der Waals surface area (Å²) >= 11 is 0. The highest BCUT2D eigenvalue weighted by Crippen LogP contribution is 2.63. The smallest absolute Gasteiger partial charge is 0.305 e. The third kappa shape index (κ3) is 13.7. The minimum absolute atomic E-state index is 0.0973. The molecule has 0 aliphatic heterocycles. The third-order valence-electron chi connectivity index (χ3n) is 12.1. The van der Waals surface area contributed by atoms with Gasteiger partial charge in [0.05, 0.1) is 12.2 Å². The Morgan fingerprint density at radius 3 is 1.79 bits per heavy atom. The zero-order valence-corrected chi connectivity index (χ0v) is 31.6. The zero-order valence-electron chi connectivity index (χ0n) is 31.6. The predicted molar refractivity (Wildman–Crippen MR) is 196 cm³/mol. The monoisotopic (exact) mass is 659 g/mol. The third-order valence-corrected chi connectivity index (χ3v) is 12.1. The van der Waals surface area contributed by atoms with E-state index in [2.05, 4.69) is 33.4 Å². The van der Waals surface area contributed by atoms with E-state index in [1.165, 1.54) is 103 Å². The van der Waals surface area contributed by atoms with Crippen molar-refractivity contribution in [3.63, 3.8) is 0 Å². The van der Waals surface area contributed by atoms with Crippen molar-refractivity contribution in [3.05, 3.63) is 24.3 Å².